The summed E-state index contributed by atoms with van der Waals surface area (Å²) in [6, 6.07) is 19.3. The Balaban J connectivity index is 1.73. The van der Waals surface area contributed by atoms with Crippen molar-refractivity contribution in [2.75, 3.05) is 18.5 Å². The van der Waals surface area contributed by atoms with Gasteiger partial charge >= 0.3 is 6.18 Å². The number of hydrogen-bond acceptors (Lipinski definition) is 4. The molecule has 34 heavy (non-hydrogen) atoms. The number of rotatable bonds is 8. The predicted molar refractivity (Wildman–Crippen MR) is 126 cm³/mol. The fourth-order valence-electron chi connectivity index (χ4n) is 3.13. The molecule has 0 heterocycles. The second-order valence-electron chi connectivity index (χ2n) is 8.02. The fraction of sp³-hybridized carbons (Fsp3) is 0.240. The van der Waals surface area contributed by atoms with Gasteiger partial charge in [0.2, 0.25) is 5.91 Å². The van der Waals surface area contributed by atoms with Crippen LogP contribution in [0, 0.1) is 0 Å². The quantitative estimate of drug-likeness (QED) is 0.398. The summed E-state index contributed by atoms with van der Waals surface area (Å²) < 4.78 is 46.5. The Kier molecular flexibility index (Phi) is 7.86. The SMILES string of the molecule is C[C@](N)(CO)C(=O)Nc1cc(Cl)c(OCCc2ccc(-c3ccccc3)cc2)c(C(F)(F)F)c1. The Hall–Kier alpha value is -3.07. The summed E-state index contributed by atoms with van der Waals surface area (Å²) >= 11 is 6.09. The highest BCUT2D eigenvalue weighted by Crippen LogP contribution is 2.42. The van der Waals surface area contributed by atoms with Crippen LogP contribution in [0.2, 0.25) is 5.02 Å². The Morgan fingerprint density at radius 1 is 1.06 bits per heavy atom. The molecule has 3 aromatic rings. The maximum absolute atomic E-state index is 13.7. The fourth-order valence-corrected chi connectivity index (χ4v) is 3.41. The number of hydrogen-bond donors (Lipinski definition) is 3. The lowest BCUT2D eigenvalue weighted by Crippen LogP contribution is -2.51. The average Bonchev–Trinajstić information content (AvgIpc) is 2.80. The summed E-state index contributed by atoms with van der Waals surface area (Å²) in [6.07, 6.45) is -4.41. The second kappa shape index (κ2) is 10.5. The van der Waals surface area contributed by atoms with Crippen molar-refractivity contribution in [3.05, 3.63) is 82.9 Å². The van der Waals surface area contributed by atoms with Gasteiger partial charge in [0.1, 0.15) is 16.9 Å². The maximum Gasteiger partial charge on any atom is 0.420 e. The normalized spacial score (nSPS) is 13.3. The lowest BCUT2D eigenvalue weighted by atomic mass is 10.0. The van der Waals surface area contributed by atoms with Gasteiger partial charge in [0.05, 0.1) is 18.2 Å². The number of carbonyl (C=O) groups is 1. The molecule has 180 valence electrons. The van der Waals surface area contributed by atoms with E-state index < -0.39 is 35.5 Å². The number of nitrogens with one attached hydrogen (secondary N) is 1. The second-order valence-corrected chi connectivity index (χ2v) is 8.43. The van der Waals surface area contributed by atoms with Crippen LogP contribution >= 0.6 is 11.6 Å². The molecule has 1 atom stereocenters. The van der Waals surface area contributed by atoms with Crippen LogP contribution in [0.1, 0.15) is 18.1 Å². The van der Waals surface area contributed by atoms with Crippen LogP contribution < -0.4 is 15.8 Å². The van der Waals surface area contributed by atoms with Crippen molar-refractivity contribution in [3.63, 3.8) is 0 Å². The summed E-state index contributed by atoms with van der Waals surface area (Å²) in [7, 11) is 0. The minimum atomic E-state index is -4.78. The van der Waals surface area contributed by atoms with Crippen molar-refractivity contribution in [1.82, 2.24) is 0 Å². The summed E-state index contributed by atoms with van der Waals surface area (Å²) in [5, 5.41) is 11.1. The number of benzene rings is 3. The summed E-state index contributed by atoms with van der Waals surface area (Å²) in [4.78, 5) is 12.1. The molecule has 3 rings (SSSR count). The summed E-state index contributed by atoms with van der Waals surface area (Å²) in [5.74, 6) is -1.38. The number of aliphatic hydroxyl groups is 1. The van der Waals surface area contributed by atoms with Crippen LogP contribution in [-0.4, -0.2) is 29.8 Å². The highest BCUT2D eigenvalue weighted by molar-refractivity contribution is 6.32. The number of amides is 1. The van der Waals surface area contributed by atoms with Crippen LogP contribution in [0.4, 0.5) is 18.9 Å². The van der Waals surface area contributed by atoms with E-state index in [-0.39, 0.29) is 17.3 Å². The van der Waals surface area contributed by atoms with Crippen LogP contribution in [0.15, 0.2) is 66.7 Å². The van der Waals surface area contributed by atoms with Gasteiger partial charge in [-0.3, -0.25) is 4.79 Å². The molecular formula is C25H24ClF3N2O3. The Morgan fingerprint density at radius 3 is 2.26 bits per heavy atom. The highest BCUT2D eigenvalue weighted by atomic mass is 35.5. The first kappa shape index (κ1) is 25.6. The van der Waals surface area contributed by atoms with Gasteiger partial charge < -0.3 is 20.9 Å². The zero-order chi connectivity index (χ0) is 24.9. The molecule has 0 bridgehead atoms. The van der Waals surface area contributed by atoms with E-state index in [2.05, 4.69) is 5.32 Å². The number of alkyl halides is 3. The molecule has 0 unspecified atom stereocenters. The maximum atomic E-state index is 13.7. The molecule has 0 aliphatic carbocycles. The third-order valence-electron chi connectivity index (χ3n) is 5.15. The lowest BCUT2D eigenvalue weighted by Gasteiger charge is -2.22. The number of aliphatic hydroxyl groups excluding tert-OH is 1. The van der Waals surface area contributed by atoms with Crippen molar-refractivity contribution < 1.29 is 27.8 Å². The third kappa shape index (κ3) is 6.28. The van der Waals surface area contributed by atoms with Gasteiger partial charge in [-0.15, -0.1) is 0 Å². The van der Waals surface area contributed by atoms with Crippen LogP contribution in [0.5, 0.6) is 5.75 Å². The van der Waals surface area contributed by atoms with E-state index in [0.717, 1.165) is 28.8 Å². The lowest BCUT2D eigenvalue weighted by molar-refractivity contribution is -0.139. The minimum Gasteiger partial charge on any atom is -0.491 e. The van der Waals surface area contributed by atoms with Crippen molar-refractivity contribution in [1.29, 1.82) is 0 Å². The Morgan fingerprint density at radius 2 is 1.68 bits per heavy atom. The highest BCUT2D eigenvalue weighted by Gasteiger charge is 2.37. The van der Waals surface area contributed by atoms with Gasteiger partial charge in [0, 0.05) is 12.1 Å². The predicted octanol–water partition coefficient (Wildman–Crippen LogP) is 5.30. The van der Waals surface area contributed by atoms with Gasteiger partial charge in [-0.05, 0) is 35.7 Å². The Labute approximate surface area is 200 Å². The summed E-state index contributed by atoms with van der Waals surface area (Å²) in [5.41, 5.74) is 5.59. The minimum absolute atomic E-state index is 0.0371. The van der Waals surface area contributed by atoms with Gasteiger partial charge in [-0.1, -0.05) is 66.2 Å². The van der Waals surface area contributed by atoms with E-state index in [9.17, 15) is 23.1 Å². The molecular weight excluding hydrogens is 469 g/mol. The molecule has 0 saturated heterocycles. The van der Waals surface area contributed by atoms with Gasteiger partial charge in [-0.25, -0.2) is 0 Å². The molecule has 9 heteroatoms. The van der Waals surface area contributed by atoms with E-state index in [0.29, 0.717) is 6.42 Å². The van der Waals surface area contributed by atoms with Crippen LogP contribution in [0.3, 0.4) is 0 Å². The molecule has 0 radical (unpaired) electrons. The number of carbonyl (C=O) groups excluding carboxylic acids is 1. The van der Waals surface area contributed by atoms with Crippen molar-refractivity contribution in [2.45, 2.75) is 25.1 Å². The van der Waals surface area contributed by atoms with E-state index in [1.807, 2.05) is 54.6 Å². The number of ether oxygens (including phenoxy) is 1. The Bertz CT molecular complexity index is 1130. The van der Waals surface area contributed by atoms with E-state index in [4.69, 9.17) is 22.1 Å². The zero-order valence-electron chi connectivity index (χ0n) is 18.3. The number of anilines is 1. The van der Waals surface area contributed by atoms with Crippen molar-refractivity contribution in [2.24, 2.45) is 5.73 Å². The molecule has 0 saturated carbocycles. The molecule has 0 aliphatic rings. The average molecular weight is 493 g/mol. The van der Waals surface area contributed by atoms with Crippen molar-refractivity contribution >= 4 is 23.2 Å². The molecule has 0 aromatic heterocycles. The van der Waals surface area contributed by atoms with Crippen molar-refractivity contribution in [3.8, 4) is 16.9 Å². The first-order chi connectivity index (χ1) is 16.0. The molecule has 5 nitrogen and oxygen atoms in total. The topological polar surface area (TPSA) is 84.6 Å². The van der Waals surface area contributed by atoms with Crippen LogP contribution in [0.25, 0.3) is 11.1 Å². The molecule has 3 aromatic carbocycles. The van der Waals surface area contributed by atoms with E-state index >= 15 is 0 Å². The van der Waals surface area contributed by atoms with Gasteiger partial charge in [0.25, 0.3) is 0 Å². The molecule has 0 spiro atoms. The first-order valence-electron chi connectivity index (χ1n) is 10.4. The third-order valence-corrected chi connectivity index (χ3v) is 5.43. The van der Waals surface area contributed by atoms with E-state index in [1.54, 1.807) is 0 Å². The monoisotopic (exact) mass is 492 g/mol. The van der Waals surface area contributed by atoms with Gasteiger partial charge in [0.15, 0.2) is 0 Å². The molecule has 4 N–H and O–H groups in total. The zero-order valence-corrected chi connectivity index (χ0v) is 19.1. The molecule has 0 fully saturated rings. The van der Waals surface area contributed by atoms with Crippen LogP contribution in [-0.2, 0) is 17.4 Å². The number of nitrogens with two attached hydrogens (primary N) is 1. The number of halogens is 4. The smallest absolute Gasteiger partial charge is 0.420 e. The standard InChI is InChI=1S/C25H24ClF3N2O3/c1-24(30,15-32)23(33)31-19-13-20(25(27,28)29)22(21(26)14-19)34-12-11-16-7-9-18(10-8-16)17-5-3-2-4-6-17/h2-10,13-14,32H,11-12,15,30H2,1H3,(H,31,33)/t24-/m0/s1. The van der Waals surface area contributed by atoms with Gasteiger partial charge in [-0.2, -0.15) is 13.2 Å². The molecule has 0 aliphatic heterocycles. The summed E-state index contributed by atoms with van der Waals surface area (Å²) in [6.45, 7) is 0.523. The first-order valence-corrected chi connectivity index (χ1v) is 10.8. The molecule has 1 amide bonds. The largest absolute Gasteiger partial charge is 0.491 e. The van der Waals surface area contributed by atoms with E-state index in [1.165, 1.54) is 6.92 Å².